The summed E-state index contributed by atoms with van der Waals surface area (Å²) in [7, 11) is 0. The lowest BCUT2D eigenvalue weighted by Crippen LogP contribution is -2.47. The standard InChI is InChI=1S/C15H20BrN3O2/c16-10-13-3-4-14(15(9-13)19(20)21)18-7-5-17(6-8-18)11-12-1-2-12/h3-4,9,12H,1-2,5-8,10-11H2. The SMILES string of the molecule is O=[N+]([O-])c1cc(CBr)ccc1N1CCN(CC2CC2)CC1. The lowest BCUT2D eigenvalue weighted by atomic mass is 10.1. The normalized spacial score (nSPS) is 19.8. The van der Waals surface area contributed by atoms with E-state index < -0.39 is 0 Å². The molecule has 0 atom stereocenters. The predicted molar refractivity (Wildman–Crippen MR) is 87.1 cm³/mol. The Labute approximate surface area is 133 Å². The van der Waals surface area contributed by atoms with Crippen molar-refractivity contribution in [2.24, 2.45) is 5.92 Å². The molecule has 21 heavy (non-hydrogen) atoms. The smallest absolute Gasteiger partial charge is 0.292 e. The zero-order valence-corrected chi connectivity index (χ0v) is 13.6. The first-order valence-corrected chi connectivity index (χ1v) is 8.60. The number of hydrogen-bond acceptors (Lipinski definition) is 4. The Morgan fingerprint density at radius 3 is 2.52 bits per heavy atom. The van der Waals surface area contributed by atoms with E-state index in [1.807, 2.05) is 12.1 Å². The third-order valence-electron chi connectivity index (χ3n) is 4.32. The average Bonchev–Trinajstić information content (AvgIpc) is 3.31. The van der Waals surface area contributed by atoms with Crippen LogP contribution in [0.1, 0.15) is 18.4 Å². The second kappa shape index (κ2) is 6.32. The molecule has 0 aromatic heterocycles. The summed E-state index contributed by atoms with van der Waals surface area (Å²) >= 11 is 3.36. The molecule has 0 radical (unpaired) electrons. The van der Waals surface area contributed by atoms with Crippen molar-refractivity contribution in [3.63, 3.8) is 0 Å². The molecule has 5 nitrogen and oxygen atoms in total. The van der Waals surface area contributed by atoms with E-state index in [2.05, 4.69) is 25.7 Å². The van der Waals surface area contributed by atoms with Crippen LogP contribution >= 0.6 is 15.9 Å². The summed E-state index contributed by atoms with van der Waals surface area (Å²) < 4.78 is 0. The first kappa shape index (κ1) is 14.8. The molecule has 2 fully saturated rings. The second-order valence-corrected chi connectivity index (χ2v) is 6.51. The number of nitrogens with zero attached hydrogens (tertiary/aromatic N) is 3. The van der Waals surface area contributed by atoms with Gasteiger partial charge in [0.05, 0.1) is 4.92 Å². The molecular weight excluding hydrogens is 334 g/mol. The van der Waals surface area contributed by atoms with E-state index in [1.165, 1.54) is 19.4 Å². The Kier molecular flexibility index (Phi) is 4.45. The van der Waals surface area contributed by atoms with Crippen molar-refractivity contribution in [2.75, 3.05) is 37.6 Å². The molecule has 0 bridgehead atoms. The molecule has 0 spiro atoms. The van der Waals surface area contributed by atoms with Gasteiger partial charge in [0.25, 0.3) is 5.69 Å². The van der Waals surface area contributed by atoms with Crippen molar-refractivity contribution in [1.29, 1.82) is 0 Å². The molecule has 0 unspecified atom stereocenters. The van der Waals surface area contributed by atoms with Crippen LogP contribution in [-0.2, 0) is 5.33 Å². The summed E-state index contributed by atoms with van der Waals surface area (Å²) in [5.41, 5.74) is 1.93. The van der Waals surface area contributed by atoms with Crippen LogP contribution in [-0.4, -0.2) is 42.5 Å². The van der Waals surface area contributed by atoms with Crippen LogP contribution in [0.3, 0.4) is 0 Å². The maximum Gasteiger partial charge on any atom is 0.292 e. The summed E-state index contributed by atoms with van der Waals surface area (Å²) in [4.78, 5) is 15.7. The lowest BCUT2D eigenvalue weighted by molar-refractivity contribution is -0.384. The molecular formula is C15H20BrN3O2. The van der Waals surface area contributed by atoms with Gasteiger partial charge in [-0.25, -0.2) is 0 Å². The maximum atomic E-state index is 11.3. The van der Waals surface area contributed by atoms with E-state index in [9.17, 15) is 10.1 Å². The van der Waals surface area contributed by atoms with Crippen LogP contribution in [0.5, 0.6) is 0 Å². The largest absolute Gasteiger partial charge is 0.363 e. The molecule has 0 amide bonds. The van der Waals surface area contributed by atoms with Gasteiger partial charge in [-0.3, -0.25) is 15.0 Å². The molecule has 1 aliphatic carbocycles. The number of alkyl halides is 1. The highest BCUT2D eigenvalue weighted by Gasteiger charge is 2.28. The fraction of sp³-hybridized carbons (Fsp3) is 0.600. The average molecular weight is 354 g/mol. The summed E-state index contributed by atoms with van der Waals surface area (Å²) in [6, 6.07) is 5.54. The monoisotopic (exact) mass is 353 g/mol. The topological polar surface area (TPSA) is 49.6 Å². The summed E-state index contributed by atoms with van der Waals surface area (Å²) in [6.07, 6.45) is 2.75. The highest BCUT2D eigenvalue weighted by Crippen LogP contribution is 2.32. The van der Waals surface area contributed by atoms with Crippen molar-refractivity contribution in [3.8, 4) is 0 Å². The number of nitro groups is 1. The van der Waals surface area contributed by atoms with Gasteiger partial charge in [-0.15, -0.1) is 0 Å². The van der Waals surface area contributed by atoms with Gasteiger partial charge in [-0.1, -0.05) is 22.0 Å². The van der Waals surface area contributed by atoms with Gasteiger partial charge in [0.2, 0.25) is 0 Å². The van der Waals surface area contributed by atoms with Crippen molar-refractivity contribution < 1.29 is 4.92 Å². The number of nitro benzene ring substituents is 1. The molecule has 6 heteroatoms. The molecule has 0 N–H and O–H groups in total. The van der Waals surface area contributed by atoms with Gasteiger partial charge < -0.3 is 4.90 Å². The van der Waals surface area contributed by atoms with Gasteiger partial charge in [-0.05, 0) is 30.4 Å². The third-order valence-corrected chi connectivity index (χ3v) is 4.96. The number of rotatable bonds is 5. The van der Waals surface area contributed by atoms with Crippen LogP contribution in [0, 0.1) is 16.0 Å². The molecule has 1 aliphatic heterocycles. The molecule has 1 saturated heterocycles. The van der Waals surface area contributed by atoms with Gasteiger partial charge in [0.1, 0.15) is 5.69 Å². The maximum absolute atomic E-state index is 11.3. The minimum Gasteiger partial charge on any atom is -0.363 e. The van der Waals surface area contributed by atoms with Gasteiger partial charge >= 0.3 is 0 Å². The van der Waals surface area contributed by atoms with Gasteiger partial charge in [-0.2, -0.15) is 0 Å². The van der Waals surface area contributed by atoms with E-state index in [0.29, 0.717) is 5.33 Å². The Morgan fingerprint density at radius 1 is 1.24 bits per heavy atom. The summed E-state index contributed by atoms with van der Waals surface area (Å²) in [6.45, 7) is 4.97. The van der Waals surface area contributed by atoms with Crippen molar-refractivity contribution in [3.05, 3.63) is 33.9 Å². The highest BCUT2D eigenvalue weighted by atomic mass is 79.9. The summed E-state index contributed by atoms with van der Waals surface area (Å²) in [5.74, 6) is 0.907. The number of anilines is 1. The molecule has 1 aromatic rings. The Hall–Kier alpha value is -1.14. The van der Waals surface area contributed by atoms with Crippen molar-refractivity contribution in [2.45, 2.75) is 18.2 Å². The summed E-state index contributed by atoms with van der Waals surface area (Å²) in [5, 5.41) is 11.9. The van der Waals surface area contributed by atoms with Gasteiger partial charge in [0.15, 0.2) is 0 Å². The van der Waals surface area contributed by atoms with Crippen LogP contribution < -0.4 is 4.90 Å². The van der Waals surface area contributed by atoms with Crippen molar-refractivity contribution >= 4 is 27.3 Å². The Morgan fingerprint density at radius 2 is 1.95 bits per heavy atom. The van der Waals surface area contributed by atoms with E-state index in [-0.39, 0.29) is 10.6 Å². The minimum atomic E-state index is -0.266. The van der Waals surface area contributed by atoms with Crippen LogP contribution in [0.25, 0.3) is 0 Å². The first-order chi connectivity index (χ1) is 10.2. The Balaban J connectivity index is 1.70. The lowest BCUT2D eigenvalue weighted by Gasteiger charge is -2.35. The number of benzene rings is 1. The Bertz CT molecular complexity index is 526. The minimum absolute atomic E-state index is 0.225. The van der Waals surface area contributed by atoms with Crippen molar-refractivity contribution in [1.82, 2.24) is 4.90 Å². The molecule has 114 valence electrons. The van der Waals surface area contributed by atoms with Crippen LogP contribution in [0.2, 0.25) is 0 Å². The van der Waals surface area contributed by atoms with Crippen LogP contribution in [0.15, 0.2) is 18.2 Å². The van der Waals surface area contributed by atoms with Crippen LogP contribution in [0.4, 0.5) is 11.4 Å². The van der Waals surface area contributed by atoms with Gasteiger partial charge in [0, 0.05) is 44.1 Å². The molecule has 1 saturated carbocycles. The molecule has 3 rings (SSSR count). The molecule has 1 aromatic carbocycles. The number of halogens is 1. The fourth-order valence-electron chi connectivity index (χ4n) is 2.90. The zero-order chi connectivity index (χ0) is 14.8. The second-order valence-electron chi connectivity index (χ2n) is 5.94. The fourth-order valence-corrected chi connectivity index (χ4v) is 3.25. The number of hydrogen-bond donors (Lipinski definition) is 0. The molecule has 1 heterocycles. The third kappa shape index (κ3) is 3.55. The zero-order valence-electron chi connectivity index (χ0n) is 12.0. The first-order valence-electron chi connectivity index (χ1n) is 7.48. The van der Waals surface area contributed by atoms with E-state index in [4.69, 9.17) is 0 Å². The quantitative estimate of drug-likeness (QED) is 0.463. The van der Waals surface area contributed by atoms with E-state index >= 15 is 0 Å². The van der Waals surface area contributed by atoms with E-state index in [0.717, 1.165) is 43.3 Å². The highest BCUT2D eigenvalue weighted by molar-refractivity contribution is 9.08. The van der Waals surface area contributed by atoms with E-state index in [1.54, 1.807) is 6.07 Å². The predicted octanol–water partition coefficient (Wildman–Crippen LogP) is 3.02. The molecule has 2 aliphatic rings. The number of piperazine rings is 1.